The van der Waals surface area contributed by atoms with Crippen LogP contribution in [0.2, 0.25) is 0 Å². The minimum Gasteiger partial charge on any atom is -0.748 e. The normalized spacial score (nSPS) is 15.1. The third kappa shape index (κ3) is 8.21. The number of likely N-dealkylation sites (N-methyl/N-ethyl adjacent to an activating group) is 1. The number of imidazole rings is 1. The molecule has 0 saturated heterocycles. The summed E-state index contributed by atoms with van der Waals surface area (Å²) in [6.45, 7) is 6.42. The van der Waals surface area contributed by atoms with Crippen LogP contribution in [0.5, 0.6) is 0 Å². The standard InChI is InChI=1S/C31H38N6O6S2/c1-3-34-26-14-12-24(22-32)20-28(26)36(16-5-7-18-44(38,39)40)30(34)10-9-11-31-35(4-2)27-15-13-25(23-33)21-29(27)37(31)17-6-8-19-45(41,42)43/h9-10,12-15,20-21,30H,3-8,11,16-19H2,1-2H3,(H-,38,39,40,41,42,43)/b10-9+. The number of nitrogens with zero attached hydrogens (tertiary/aromatic N) is 6. The van der Waals surface area contributed by atoms with Crippen molar-refractivity contribution in [3.63, 3.8) is 0 Å². The Kier molecular flexibility index (Phi) is 10.9. The number of aromatic nitrogens is 2. The SMILES string of the molecule is CCN1c2ccc(C#N)cc2N(CCCCS(=O)(=O)O)C1/C=C/Cc1n(CCCCS(=O)(=O)[O-])c2cc(C#N)ccc2[n+]1CC. The van der Waals surface area contributed by atoms with E-state index in [9.17, 15) is 36.5 Å². The van der Waals surface area contributed by atoms with Crippen molar-refractivity contribution in [2.45, 2.75) is 65.2 Å². The smallest absolute Gasteiger partial charge is 0.264 e. The molecule has 0 saturated carbocycles. The number of rotatable bonds is 15. The van der Waals surface area contributed by atoms with Gasteiger partial charge in [-0.25, -0.2) is 17.6 Å². The van der Waals surface area contributed by atoms with Gasteiger partial charge in [0.1, 0.15) is 6.17 Å². The fourth-order valence-corrected chi connectivity index (χ4v) is 7.16. The predicted molar refractivity (Wildman–Crippen MR) is 170 cm³/mol. The van der Waals surface area contributed by atoms with E-state index in [4.69, 9.17) is 0 Å². The molecule has 1 unspecified atom stereocenters. The molecule has 0 amide bonds. The largest absolute Gasteiger partial charge is 0.748 e. The van der Waals surface area contributed by atoms with Gasteiger partial charge in [0.05, 0.1) is 70.0 Å². The Balaban J connectivity index is 1.67. The lowest BCUT2D eigenvalue weighted by Crippen LogP contribution is -2.42. The Hall–Kier alpha value is -3.95. The predicted octanol–water partition coefficient (Wildman–Crippen LogP) is 3.46. The first-order valence-corrected chi connectivity index (χ1v) is 18.2. The zero-order chi connectivity index (χ0) is 32.8. The Morgan fingerprint density at radius 2 is 1.58 bits per heavy atom. The summed E-state index contributed by atoms with van der Waals surface area (Å²) >= 11 is 0. The monoisotopic (exact) mass is 654 g/mol. The van der Waals surface area contributed by atoms with Crippen molar-refractivity contribution in [2.24, 2.45) is 0 Å². The molecule has 0 bridgehead atoms. The molecule has 1 N–H and O–H groups in total. The highest BCUT2D eigenvalue weighted by molar-refractivity contribution is 7.85. The molecule has 12 nitrogen and oxygen atoms in total. The molecular formula is C31H38N6O6S2. The van der Waals surface area contributed by atoms with Crippen molar-refractivity contribution in [1.29, 1.82) is 10.5 Å². The maximum atomic E-state index is 11.3. The third-order valence-electron chi connectivity index (χ3n) is 8.01. The van der Waals surface area contributed by atoms with Gasteiger partial charge in [-0.2, -0.15) is 18.9 Å². The van der Waals surface area contributed by atoms with E-state index in [1.807, 2.05) is 38.1 Å². The number of aryl methyl sites for hydroxylation is 2. The van der Waals surface area contributed by atoms with E-state index in [1.165, 1.54) is 0 Å². The zero-order valence-electron chi connectivity index (χ0n) is 25.5. The maximum Gasteiger partial charge on any atom is 0.264 e. The van der Waals surface area contributed by atoms with Crippen LogP contribution in [-0.2, 0) is 39.7 Å². The van der Waals surface area contributed by atoms with Crippen molar-refractivity contribution in [1.82, 2.24) is 4.57 Å². The van der Waals surface area contributed by atoms with Crippen molar-refractivity contribution in [3.8, 4) is 12.1 Å². The van der Waals surface area contributed by atoms with E-state index in [-0.39, 0.29) is 18.3 Å². The number of benzene rings is 2. The van der Waals surface area contributed by atoms with E-state index in [0.29, 0.717) is 63.0 Å². The minimum absolute atomic E-state index is 0.204. The molecule has 0 spiro atoms. The molecule has 14 heteroatoms. The lowest BCUT2D eigenvalue weighted by atomic mass is 10.1. The van der Waals surface area contributed by atoms with Crippen LogP contribution in [0.25, 0.3) is 11.0 Å². The lowest BCUT2D eigenvalue weighted by molar-refractivity contribution is -0.676. The van der Waals surface area contributed by atoms with E-state index in [2.05, 4.69) is 43.2 Å². The van der Waals surface area contributed by atoms with Crippen molar-refractivity contribution in [3.05, 3.63) is 65.5 Å². The van der Waals surface area contributed by atoms with Gasteiger partial charge in [-0.3, -0.25) is 4.55 Å². The summed E-state index contributed by atoms with van der Waals surface area (Å²) in [5, 5.41) is 19.1. The first-order valence-electron chi connectivity index (χ1n) is 15.0. The summed E-state index contributed by atoms with van der Waals surface area (Å²) in [7, 11) is -8.37. The van der Waals surface area contributed by atoms with Crippen LogP contribution >= 0.6 is 0 Å². The molecule has 0 aliphatic carbocycles. The van der Waals surface area contributed by atoms with Gasteiger partial charge in [-0.15, -0.1) is 0 Å². The Morgan fingerprint density at radius 3 is 2.22 bits per heavy atom. The second-order valence-corrected chi connectivity index (χ2v) is 14.0. The van der Waals surface area contributed by atoms with Gasteiger partial charge in [0, 0.05) is 24.9 Å². The van der Waals surface area contributed by atoms with Crippen molar-refractivity contribution in [2.75, 3.05) is 34.4 Å². The highest BCUT2D eigenvalue weighted by atomic mass is 32.2. The molecule has 0 radical (unpaired) electrons. The number of anilines is 2. The molecule has 1 aromatic heterocycles. The summed E-state index contributed by atoms with van der Waals surface area (Å²) in [4.78, 5) is 4.36. The molecule has 3 aromatic rings. The Morgan fingerprint density at radius 1 is 0.911 bits per heavy atom. The van der Waals surface area contributed by atoms with Crippen LogP contribution in [-0.4, -0.2) is 61.3 Å². The number of hydrogen-bond donors (Lipinski definition) is 1. The molecule has 1 aliphatic rings. The molecule has 2 heterocycles. The van der Waals surface area contributed by atoms with Gasteiger partial charge in [-0.1, -0.05) is 6.08 Å². The highest BCUT2D eigenvalue weighted by Crippen LogP contribution is 2.40. The summed E-state index contributed by atoms with van der Waals surface area (Å²) in [6, 6.07) is 15.4. The molecule has 2 aromatic carbocycles. The van der Waals surface area contributed by atoms with Crippen molar-refractivity contribution < 1.29 is 30.5 Å². The number of fused-ring (bicyclic) bond motifs is 2. The van der Waals surface area contributed by atoms with Gasteiger partial charge in [0.25, 0.3) is 15.9 Å². The van der Waals surface area contributed by atoms with Crippen LogP contribution in [0.1, 0.15) is 56.5 Å². The topological polar surface area (TPSA) is 174 Å². The van der Waals surface area contributed by atoms with Crippen LogP contribution in [0.15, 0.2) is 48.6 Å². The number of hydrogen-bond acceptors (Lipinski definition) is 9. The van der Waals surface area contributed by atoms with Gasteiger partial charge in [0.2, 0.25) is 0 Å². The lowest BCUT2D eigenvalue weighted by Gasteiger charge is -2.30. The van der Waals surface area contributed by atoms with Gasteiger partial charge >= 0.3 is 0 Å². The van der Waals surface area contributed by atoms with Gasteiger partial charge < -0.3 is 14.4 Å². The number of unbranched alkanes of at least 4 members (excludes halogenated alkanes) is 2. The van der Waals surface area contributed by atoms with E-state index in [0.717, 1.165) is 28.2 Å². The molecule has 1 atom stereocenters. The molecule has 45 heavy (non-hydrogen) atoms. The summed E-state index contributed by atoms with van der Waals surface area (Å²) in [6.07, 6.45) is 5.99. The molecule has 1 aliphatic heterocycles. The van der Waals surface area contributed by atoms with Gasteiger partial charge in [-0.05, 0) is 75.9 Å². The van der Waals surface area contributed by atoms with E-state index >= 15 is 0 Å². The average molecular weight is 655 g/mol. The molecule has 0 fully saturated rings. The van der Waals surface area contributed by atoms with Crippen LogP contribution < -0.4 is 14.4 Å². The third-order valence-corrected chi connectivity index (χ3v) is 9.61. The zero-order valence-corrected chi connectivity index (χ0v) is 27.1. The summed E-state index contributed by atoms with van der Waals surface area (Å²) in [5.41, 5.74) is 4.69. The quantitative estimate of drug-likeness (QED) is 0.111. The van der Waals surface area contributed by atoms with Crippen LogP contribution in [0.4, 0.5) is 11.4 Å². The van der Waals surface area contributed by atoms with E-state index < -0.39 is 26.0 Å². The fourth-order valence-electron chi connectivity index (χ4n) is 6.03. The molecule has 4 rings (SSSR count). The van der Waals surface area contributed by atoms with Gasteiger partial charge in [0.15, 0.2) is 11.0 Å². The Bertz CT molecular complexity index is 1870. The Labute approximate surface area is 264 Å². The molecular weight excluding hydrogens is 617 g/mol. The maximum absolute atomic E-state index is 11.3. The summed E-state index contributed by atoms with van der Waals surface area (Å²) < 4.78 is 69.5. The average Bonchev–Trinajstić information content (AvgIpc) is 3.46. The van der Waals surface area contributed by atoms with Crippen LogP contribution in [0, 0.1) is 22.7 Å². The second-order valence-electron chi connectivity index (χ2n) is 10.9. The second kappa shape index (κ2) is 14.4. The number of allylic oxidation sites excluding steroid dienone is 1. The first kappa shape index (κ1) is 33.9. The number of nitriles is 2. The van der Waals surface area contributed by atoms with E-state index in [1.54, 1.807) is 12.1 Å². The van der Waals surface area contributed by atoms with Crippen LogP contribution in [0.3, 0.4) is 0 Å². The summed E-state index contributed by atoms with van der Waals surface area (Å²) in [5.74, 6) is 0.218. The first-order chi connectivity index (χ1) is 21.4. The molecule has 240 valence electrons. The minimum atomic E-state index is -4.31. The van der Waals surface area contributed by atoms with Crippen molar-refractivity contribution >= 4 is 42.6 Å². The highest BCUT2D eigenvalue weighted by Gasteiger charge is 2.33. The fraction of sp³-hybridized carbons (Fsp3) is 0.452.